The number of hydrogen-bond donors (Lipinski definition) is 8. The maximum Gasteiger partial charge on any atom is 0.399 e. The first-order chi connectivity index (χ1) is 20.3. The van der Waals surface area contributed by atoms with Crippen LogP contribution in [0.1, 0.15) is 13.3 Å². The monoisotopic (exact) mass is 688 g/mol. The third kappa shape index (κ3) is 8.55. The molecule has 10 N–H and O–H groups in total. The lowest BCUT2D eigenvalue weighted by Crippen LogP contribution is -2.68. The van der Waals surface area contributed by atoms with Gasteiger partial charge in [-0.2, -0.15) is 16.8 Å². The molecule has 24 heteroatoms. The van der Waals surface area contributed by atoms with Crippen LogP contribution in [-0.2, 0) is 67.1 Å². The molecule has 0 aromatic carbocycles. The molecule has 258 valence electrons. The van der Waals surface area contributed by atoms with Crippen molar-refractivity contribution < 1.29 is 92.7 Å². The number of nitrogens with two attached hydrogens (primary N) is 2. The molecule has 3 aliphatic heterocycles. The fourth-order valence-electron chi connectivity index (χ4n) is 4.90. The minimum Gasteiger partial charge on any atom is -0.479 e. The van der Waals surface area contributed by atoms with Crippen LogP contribution in [0.3, 0.4) is 0 Å². The summed E-state index contributed by atoms with van der Waals surface area (Å²) >= 11 is 0. The van der Waals surface area contributed by atoms with Crippen molar-refractivity contribution in [3.05, 3.63) is 0 Å². The predicted octanol–water partition coefficient (Wildman–Crippen LogP) is -5.21. The number of hydrogen-bond acceptors (Lipinski definition) is 19. The summed E-state index contributed by atoms with van der Waals surface area (Å²) in [7, 11) is -8.40. The molecule has 3 fully saturated rings. The molecule has 0 amide bonds. The standard InChI is InChI=1S/C20H36N2O20S2/c1-4-5-11(8(23)6(21)17(35-3)36-5)37-19-14(41-43(28,29)30)10(25)12(15(39-19)16(26)27)38-18-7(22)9(24)13(34-2)20(40-18)42-44(31,32)33/h5-15,17-20,23-25H,4,21-22H2,1-3H3,(H,26,27)(H,28,29,30)(H,31,32,33)/t5?,6-,7-,8+,9+,10?,11?,12-,13?,14?,15+,17?,18?,19+,20?/m0/s1. The Labute approximate surface area is 250 Å². The van der Waals surface area contributed by atoms with Crippen LogP contribution in [0.5, 0.6) is 0 Å². The van der Waals surface area contributed by atoms with Gasteiger partial charge in [-0.15, -0.1) is 0 Å². The van der Waals surface area contributed by atoms with Gasteiger partial charge in [-0.25, -0.2) is 13.2 Å². The zero-order chi connectivity index (χ0) is 33.3. The average molecular weight is 689 g/mol. The van der Waals surface area contributed by atoms with E-state index in [9.17, 15) is 46.6 Å². The highest BCUT2D eigenvalue weighted by atomic mass is 32.3. The highest BCUT2D eigenvalue weighted by molar-refractivity contribution is 7.81. The first-order valence-corrected chi connectivity index (χ1v) is 15.5. The minimum atomic E-state index is -5.43. The van der Waals surface area contributed by atoms with E-state index >= 15 is 0 Å². The molecule has 0 bridgehead atoms. The first-order valence-electron chi connectivity index (χ1n) is 12.8. The molecule has 15 atom stereocenters. The van der Waals surface area contributed by atoms with Crippen molar-refractivity contribution in [1.82, 2.24) is 0 Å². The molecular formula is C20H36N2O20S2. The number of ether oxygens (including phenoxy) is 7. The first kappa shape index (κ1) is 37.2. The molecular weight excluding hydrogens is 652 g/mol. The largest absolute Gasteiger partial charge is 0.479 e. The molecule has 22 nitrogen and oxygen atoms in total. The summed E-state index contributed by atoms with van der Waals surface area (Å²) in [6, 6.07) is -2.90. The minimum absolute atomic E-state index is 0.149. The van der Waals surface area contributed by atoms with Crippen molar-refractivity contribution in [1.29, 1.82) is 0 Å². The number of carbonyl (C=O) groups is 1. The topological polar surface area (TPSA) is 342 Å². The summed E-state index contributed by atoms with van der Waals surface area (Å²) in [5, 5.41) is 42.3. The lowest BCUT2D eigenvalue weighted by atomic mass is 9.94. The second-order valence-electron chi connectivity index (χ2n) is 9.86. The number of aliphatic hydroxyl groups excluding tert-OH is 3. The summed E-state index contributed by atoms with van der Waals surface area (Å²) in [6.45, 7) is 1.61. The Hall–Kier alpha value is -1.27. The van der Waals surface area contributed by atoms with Gasteiger partial charge < -0.3 is 65.1 Å². The Morgan fingerprint density at radius 2 is 1.25 bits per heavy atom. The van der Waals surface area contributed by atoms with Gasteiger partial charge in [0.15, 0.2) is 31.1 Å². The van der Waals surface area contributed by atoms with Crippen molar-refractivity contribution in [2.24, 2.45) is 11.5 Å². The molecule has 3 saturated heterocycles. The Bertz CT molecular complexity index is 1190. The third-order valence-corrected chi connectivity index (χ3v) is 7.90. The van der Waals surface area contributed by atoms with Crippen LogP contribution < -0.4 is 11.5 Å². The number of aliphatic carboxylic acids is 1. The van der Waals surface area contributed by atoms with Crippen molar-refractivity contribution in [2.75, 3.05) is 14.2 Å². The van der Waals surface area contributed by atoms with Gasteiger partial charge in [-0.05, 0) is 6.42 Å². The number of carboxylic acid groups (broad SMARTS) is 1. The van der Waals surface area contributed by atoms with Crippen LogP contribution >= 0.6 is 0 Å². The fraction of sp³-hybridized carbons (Fsp3) is 0.950. The van der Waals surface area contributed by atoms with Gasteiger partial charge >= 0.3 is 26.8 Å². The van der Waals surface area contributed by atoms with Crippen molar-refractivity contribution in [3.8, 4) is 0 Å². The molecule has 0 aromatic heterocycles. The summed E-state index contributed by atoms with van der Waals surface area (Å²) < 4.78 is 111. The van der Waals surface area contributed by atoms with Crippen LogP contribution in [-0.4, -0.2) is 159 Å². The highest BCUT2D eigenvalue weighted by Gasteiger charge is 2.57. The number of methoxy groups -OCH3 is 2. The van der Waals surface area contributed by atoms with E-state index in [1.165, 1.54) is 7.11 Å². The van der Waals surface area contributed by atoms with E-state index in [0.29, 0.717) is 0 Å². The van der Waals surface area contributed by atoms with E-state index in [4.69, 9.17) is 49.2 Å². The molecule has 0 saturated carbocycles. The van der Waals surface area contributed by atoms with E-state index in [1.807, 2.05) is 0 Å². The average Bonchev–Trinajstić information content (AvgIpc) is 2.91. The lowest BCUT2D eigenvalue weighted by Gasteiger charge is -2.48. The number of aliphatic hydroxyl groups is 3. The van der Waals surface area contributed by atoms with Gasteiger partial charge in [-0.1, -0.05) is 6.92 Å². The fourth-order valence-corrected chi connectivity index (χ4v) is 5.78. The number of carboxylic acids is 1. The summed E-state index contributed by atoms with van der Waals surface area (Å²) in [6.07, 6.45) is -24.0. The van der Waals surface area contributed by atoms with E-state index < -0.39 is 119 Å². The molecule has 3 aliphatic rings. The van der Waals surface area contributed by atoms with Gasteiger partial charge in [0.2, 0.25) is 6.29 Å². The van der Waals surface area contributed by atoms with Gasteiger partial charge in [0, 0.05) is 14.2 Å². The second-order valence-corrected chi connectivity index (χ2v) is 12.0. The van der Waals surface area contributed by atoms with E-state index in [2.05, 4.69) is 8.37 Å². The SMILES string of the molecule is CCC1OC(OC)[C@@H](N)[C@@H](O)C1O[C@@H]1O[C@@H](C(=O)O)[C@@H](OC2OC(OS(=O)(=O)O)C(OC)[C@H](O)[C@@H]2N)C(O)C1OS(=O)(=O)O. The van der Waals surface area contributed by atoms with Crippen molar-refractivity contribution in [2.45, 2.75) is 106 Å². The maximum atomic E-state index is 12.2. The van der Waals surface area contributed by atoms with Crippen LogP contribution in [0, 0.1) is 0 Å². The van der Waals surface area contributed by atoms with Gasteiger partial charge in [-0.3, -0.25) is 9.11 Å². The zero-order valence-electron chi connectivity index (χ0n) is 23.2. The normalized spacial score (nSPS) is 43.9. The van der Waals surface area contributed by atoms with Gasteiger partial charge in [0.1, 0.15) is 36.6 Å². The zero-order valence-corrected chi connectivity index (χ0v) is 24.9. The third-order valence-electron chi connectivity index (χ3n) is 7.00. The molecule has 3 heterocycles. The molecule has 0 spiro atoms. The molecule has 8 unspecified atom stereocenters. The van der Waals surface area contributed by atoms with Crippen molar-refractivity contribution >= 4 is 26.8 Å². The van der Waals surface area contributed by atoms with Crippen molar-refractivity contribution in [3.63, 3.8) is 0 Å². The Balaban J connectivity index is 1.94. The van der Waals surface area contributed by atoms with Crippen LogP contribution in [0.4, 0.5) is 0 Å². The summed E-state index contributed by atoms with van der Waals surface area (Å²) in [5.74, 6) is -1.85. The van der Waals surface area contributed by atoms with Gasteiger partial charge in [0.25, 0.3) is 0 Å². The van der Waals surface area contributed by atoms with Crippen LogP contribution in [0.2, 0.25) is 0 Å². The smallest absolute Gasteiger partial charge is 0.399 e. The molecule has 0 radical (unpaired) electrons. The predicted molar refractivity (Wildman–Crippen MR) is 134 cm³/mol. The Morgan fingerprint density at radius 1 is 0.705 bits per heavy atom. The van der Waals surface area contributed by atoms with E-state index in [1.54, 1.807) is 6.92 Å². The highest BCUT2D eigenvalue weighted by Crippen LogP contribution is 2.34. The van der Waals surface area contributed by atoms with E-state index in [-0.39, 0.29) is 6.42 Å². The van der Waals surface area contributed by atoms with Gasteiger partial charge in [0.05, 0.1) is 18.2 Å². The molecule has 0 aliphatic carbocycles. The lowest BCUT2D eigenvalue weighted by molar-refractivity contribution is -0.365. The Kier molecular flexibility index (Phi) is 12.4. The molecule has 0 aromatic rings. The van der Waals surface area contributed by atoms with Crippen LogP contribution in [0.15, 0.2) is 0 Å². The quantitative estimate of drug-likeness (QED) is 0.0888. The Morgan fingerprint density at radius 3 is 1.75 bits per heavy atom. The second kappa shape index (κ2) is 14.7. The maximum absolute atomic E-state index is 12.2. The molecule has 3 rings (SSSR count). The summed E-state index contributed by atoms with van der Waals surface area (Å²) in [5.41, 5.74) is 11.8. The van der Waals surface area contributed by atoms with E-state index in [0.717, 1.165) is 7.11 Å². The number of rotatable bonds is 12. The molecule has 44 heavy (non-hydrogen) atoms. The summed E-state index contributed by atoms with van der Waals surface area (Å²) in [4.78, 5) is 12.2. The van der Waals surface area contributed by atoms with Crippen LogP contribution in [0.25, 0.3) is 0 Å².